The lowest BCUT2D eigenvalue weighted by Crippen LogP contribution is -2.17. The Labute approximate surface area is 164 Å². The average Bonchev–Trinajstić information content (AvgIpc) is 3.45. The van der Waals surface area contributed by atoms with Gasteiger partial charge in [0.05, 0.1) is 11.9 Å². The first-order chi connectivity index (χ1) is 13.7. The van der Waals surface area contributed by atoms with Crippen molar-refractivity contribution < 1.29 is 4.79 Å². The Kier molecular flexibility index (Phi) is 4.19. The lowest BCUT2D eigenvalue weighted by Gasteiger charge is -2.09. The smallest absolute Gasteiger partial charge is 0.254 e. The zero-order valence-corrected chi connectivity index (χ0v) is 16.0. The summed E-state index contributed by atoms with van der Waals surface area (Å²) in [5.74, 6) is 0.802. The molecule has 0 N–H and O–H groups in total. The van der Waals surface area contributed by atoms with Crippen molar-refractivity contribution in [3.63, 3.8) is 0 Å². The highest BCUT2D eigenvalue weighted by Gasteiger charge is 2.25. The molecule has 0 atom stereocenters. The minimum Gasteiger partial charge on any atom is -0.337 e. The van der Waals surface area contributed by atoms with Crippen molar-refractivity contribution in [3.05, 3.63) is 54.2 Å². The van der Waals surface area contributed by atoms with Crippen LogP contribution in [-0.4, -0.2) is 37.6 Å². The molecule has 5 rings (SSSR count). The number of benzene rings is 1. The van der Waals surface area contributed by atoms with Gasteiger partial charge in [0.25, 0.3) is 5.91 Å². The molecule has 2 aliphatic rings. The zero-order valence-electron chi connectivity index (χ0n) is 16.0. The van der Waals surface area contributed by atoms with Crippen molar-refractivity contribution in [2.24, 2.45) is 5.92 Å². The van der Waals surface area contributed by atoms with Crippen LogP contribution in [0.5, 0.6) is 0 Å². The highest BCUT2D eigenvalue weighted by atomic mass is 16.2. The van der Waals surface area contributed by atoms with Crippen LogP contribution in [0.25, 0.3) is 22.4 Å². The number of carbonyl (C=O) groups excluding carboxylic acids is 1. The molecule has 1 saturated carbocycles. The SMILES string of the molecule is CN1Cc2ccc(-c3ncncc3-c3cnn(CC4CCCC4)c3)cc2C1=O. The number of rotatable bonds is 4. The Morgan fingerprint density at radius 3 is 2.82 bits per heavy atom. The lowest BCUT2D eigenvalue weighted by molar-refractivity contribution is 0.0816. The molecule has 0 saturated heterocycles. The van der Waals surface area contributed by atoms with E-state index in [1.165, 1.54) is 25.7 Å². The predicted octanol–water partition coefficient (Wildman–Crippen LogP) is 3.78. The topological polar surface area (TPSA) is 63.9 Å². The minimum atomic E-state index is 0.0665. The van der Waals surface area contributed by atoms with E-state index in [0.29, 0.717) is 6.54 Å². The molecule has 3 heterocycles. The van der Waals surface area contributed by atoms with E-state index in [0.717, 1.165) is 46.0 Å². The fraction of sp³-hybridized carbons (Fsp3) is 0.364. The molecule has 0 bridgehead atoms. The summed E-state index contributed by atoms with van der Waals surface area (Å²) in [4.78, 5) is 22.9. The van der Waals surface area contributed by atoms with E-state index in [1.807, 2.05) is 42.3 Å². The van der Waals surface area contributed by atoms with E-state index in [4.69, 9.17) is 0 Å². The summed E-state index contributed by atoms with van der Waals surface area (Å²) < 4.78 is 2.04. The maximum absolute atomic E-state index is 12.4. The summed E-state index contributed by atoms with van der Waals surface area (Å²) in [5.41, 5.74) is 5.55. The molecule has 6 heteroatoms. The second-order valence-corrected chi connectivity index (χ2v) is 7.92. The summed E-state index contributed by atoms with van der Waals surface area (Å²) >= 11 is 0. The molecule has 6 nitrogen and oxygen atoms in total. The van der Waals surface area contributed by atoms with Crippen LogP contribution in [0.1, 0.15) is 41.6 Å². The third kappa shape index (κ3) is 2.99. The third-order valence-corrected chi connectivity index (χ3v) is 5.94. The van der Waals surface area contributed by atoms with Gasteiger partial charge in [-0.05, 0) is 30.4 Å². The van der Waals surface area contributed by atoms with Gasteiger partial charge in [-0.25, -0.2) is 9.97 Å². The van der Waals surface area contributed by atoms with Crippen molar-refractivity contribution in [1.82, 2.24) is 24.6 Å². The number of fused-ring (bicyclic) bond motifs is 1. The summed E-state index contributed by atoms with van der Waals surface area (Å²) in [5, 5.41) is 4.57. The van der Waals surface area contributed by atoms with Gasteiger partial charge in [0, 0.05) is 54.8 Å². The Morgan fingerprint density at radius 2 is 1.96 bits per heavy atom. The summed E-state index contributed by atoms with van der Waals surface area (Å²) in [6.07, 6.45) is 12.6. The molecule has 28 heavy (non-hydrogen) atoms. The fourth-order valence-electron chi connectivity index (χ4n) is 4.42. The number of carbonyl (C=O) groups is 1. The highest BCUT2D eigenvalue weighted by Crippen LogP contribution is 2.33. The minimum absolute atomic E-state index is 0.0665. The van der Waals surface area contributed by atoms with Gasteiger partial charge in [-0.3, -0.25) is 9.48 Å². The maximum atomic E-state index is 12.4. The fourth-order valence-corrected chi connectivity index (χ4v) is 4.42. The molecule has 0 spiro atoms. The van der Waals surface area contributed by atoms with Crippen LogP contribution in [0, 0.1) is 5.92 Å². The van der Waals surface area contributed by atoms with Crippen LogP contribution < -0.4 is 0 Å². The molecular formula is C22H23N5O. The average molecular weight is 373 g/mol. The number of amides is 1. The van der Waals surface area contributed by atoms with Gasteiger partial charge in [0.1, 0.15) is 6.33 Å². The van der Waals surface area contributed by atoms with Gasteiger partial charge in [-0.15, -0.1) is 0 Å². The Bertz CT molecular complexity index is 1030. The summed E-state index contributed by atoms with van der Waals surface area (Å²) in [6, 6.07) is 6.03. The van der Waals surface area contributed by atoms with Crippen molar-refractivity contribution >= 4 is 5.91 Å². The van der Waals surface area contributed by atoms with Gasteiger partial charge < -0.3 is 4.90 Å². The summed E-state index contributed by atoms with van der Waals surface area (Å²) in [7, 11) is 1.83. The number of hydrogen-bond donors (Lipinski definition) is 0. The van der Waals surface area contributed by atoms with Crippen LogP contribution in [-0.2, 0) is 13.1 Å². The van der Waals surface area contributed by atoms with Gasteiger partial charge in [-0.2, -0.15) is 5.10 Å². The van der Waals surface area contributed by atoms with Crippen LogP contribution in [0.15, 0.2) is 43.1 Å². The first-order valence-corrected chi connectivity index (χ1v) is 9.90. The zero-order chi connectivity index (χ0) is 19.1. The molecule has 1 aliphatic carbocycles. The van der Waals surface area contributed by atoms with Gasteiger partial charge >= 0.3 is 0 Å². The number of hydrogen-bond acceptors (Lipinski definition) is 4. The molecule has 2 aromatic heterocycles. The van der Waals surface area contributed by atoms with E-state index in [9.17, 15) is 4.79 Å². The first kappa shape index (κ1) is 17.1. The molecule has 0 radical (unpaired) electrons. The van der Waals surface area contributed by atoms with Crippen LogP contribution in [0.4, 0.5) is 0 Å². The Balaban J connectivity index is 1.49. The van der Waals surface area contributed by atoms with Crippen LogP contribution >= 0.6 is 0 Å². The normalized spacial score (nSPS) is 16.8. The van der Waals surface area contributed by atoms with E-state index < -0.39 is 0 Å². The Hall–Kier alpha value is -3.02. The standard InChI is InChI=1S/C22H23N5O/c1-26-12-17-7-6-16(8-19(17)22(26)28)21-20(10-23-14-24-21)18-9-25-27(13-18)11-15-4-2-3-5-15/h6-10,13-15H,2-5,11-12H2,1H3. The van der Waals surface area contributed by atoms with Crippen LogP contribution in [0.2, 0.25) is 0 Å². The first-order valence-electron chi connectivity index (χ1n) is 9.90. The van der Waals surface area contributed by atoms with Crippen molar-refractivity contribution in [3.8, 4) is 22.4 Å². The number of aromatic nitrogens is 4. The number of nitrogens with zero attached hydrogens (tertiary/aromatic N) is 5. The maximum Gasteiger partial charge on any atom is 0.254 e. The molecule has 3 aromatic rings. The van der Waals surface area contributed by atoms with E-state index >= 15 is 0 Å². The molecule has 1 aliphatic heterocycles. The second kappa shape index (κ2) is 6.86. The van der Waals surface area contributed by atoms with Crippen molar-refractivity contribution in [1.29, 1.82) is 0 Å². The predicted molar refractivity (Wildman–Crippen MR) is 106 cm³/mol. The van der Waals surface area contributed by atoms with E-state index in [-0.39, 0.29) is 5.91 Å². The molecule has 1 aromatic carbocycles. The van der Waals surface area contributed by atoms with Gasteiger partial charge in [-0.1, -0.05) is 25.0 Å². The van der Waals surface area contributed by atoms with Gasteiger partial charge in [0.2, 0.25) is 0 Å². The molecule has 0 unspecified atom stereocenters. The third-order valence-electron chi connectivity index (χ3n) is 5.94. The molecule has 142 valence electrons. The molecule has 1 amide bonds. The lowest BCUT2D eigenvalue weighted by atomic mass is 9.99. The van der Waals surface area contributed by atoms with Crippen LogP contribution in [0.3, 0.4) is 0 Å². The quantitative estimate of drug-likeness (QED) is 0.698. The van der Waals surface area contributed by atoms with Crippen molar-refractivity contribution in [2.45, 2.75) is 38.8 Å². The molecule has 1 fully saturated rings. The Morgan fingerprint density at radius 1 is 1.11 bits per heavy atom. The molecular weight excluding hydrogens is 350 g/mol. The highest BCUT2D eigenvalue weighted by molar-refractivity contribution is 5.99. The monoisotopic (exact) mass is 373 g/mol. The largest absolute Gasteiger partial charge is 0.337 e. The van der Waals surface area contributed by atoms with E-state index in [1.54, 1.807) is 11.2 Å². The second-order valence-electron chi connectivity index (χ2n) is 7.92. The van der Waals surface area contributed by atoms with E-state index in [2.05, 4.69) is 21.3 Å². The van der Waals surface area contributed by atoms with Crippen molar-refractivity contribution in [2.75, 3.05) is 7.05 Å². The summed E-state index contributed by atoms with van der Waals surface area (Å²) in [6.45, 7) is 1.64. The van der Waals surface area contributed by atoms with Gasteiger partial charge in [0.15, 0.2) is 0 Å².